The Morgan fingerprint density at radius 3 is 0.667 bits per heavy atom. The molecule has 102 heavy (non-hydrogen) atoms. The van der Waals surface area contributed by atoms with Crippen molar-refractivity contribution in [1.29, 1.82) is 0 Å². The van der Waals surface area contributed by atoms with Crippen LogP contribution < -0.4 is 0 Å². The molecule has 0 rings (SSSR count). The molecule has 0 radical (unpaired) electrons. The molecule has 0 bridgehead atoms. The number of esters is 4. The van der Waals surface area contributed by atoms with E-state index in [4.69, 9.17) is 37.0 Å². The molecule has 19 heteroatoms. The van der Waals surface area contributed by atoms with Crippen molar-refractivity contribution in [2.75, 3.05) is 39.6 Å². The second-order valence-electron chi connectivity index (χ2n) is 30.8. The molecule has 0 aliphatic rings. The first kappa shape index (κ1) is 100. The number of unbranched alkanes of at least 4 members (excludes halogenated alkanes) is 52. The van der Waals surface area contributed by atoms with Crippen molar-refractivity contribution in [2.45, 2.75) is 458 Å². The number of phosphoric acid groups is 2. The predicted molar refractivity (Wildman–Crippen MR) is 418 cm³/mol. The van der Waals surface area contributed by atoms with Gasteiger partial charge in [-0.05, 0) is 37.5 Å². The first-order valence-electron chi connectivity index (χ1n) is 43.0. The van der Waals surface area contributed by atoms with Crippen LogP contribution in [0.25, 0.3) is 0 Å². The maximum atomic E-state index is 13.1. The molecule has 606 valence electrons. The predicted octanol–water partition coefficient (Wildman–Crippen LogP) is 25.1. The molecule has 0 fully saturated rings. The number of aliphatic hydroxyl groups is 1. The Balaban J connectivity index is 5.25. The van der Waals surface area contributed by atoms with Gasteiger partial charge in [0.25, 0.3) is 0 Å². The van der Waals surface area contributed by atoms with Gasteiger partial charge < -0.3 is 33.8 Å². The number of phosphoric ester groups is 2. The van der Waals surface area contributed by atoms with Crippen molar-refractivity contribution in [3.63, 3.8) is 0 Å². The van der Waals surface area contributed by atoms with Gasteiger partial charge >= 0.3 is 39.5 Å². The number of aliphatic hydroxyl groups excluding tert-OH is 1. The molecule has 0 aromatic heterocycles. The average molecular weight is 1490 g/mol. The minimum Gasteiger partial charge on any atom is -0.462 e. The monoisotopic (exact) mass is 1490 g/mol. The Morgan fingerprint density at radius 2 is 0.451 bits per heavy atom. The molecule has 3 N–H and O–H groups in total. The summed E-state index contributed by atoms with van der Waals surface area (Å²) in [6.07, 6.45) is 65.1. The first-order valence-corrected chi connectivity index (χ1v) is 46.0. The summed E-state index contributed by atoms with van der Waals surface area (Å²) in [4.78, 5) is 73.1. The summed E-state index contributed by atoms with van der Waals surface area (Å²) >= 11 is 0. The lowest BCUT2D eigenvalue weighted by molar-refractivity contribution is -0.161. The van der Waals surface area contributed by atoms with E-state index in [2.05, 4.69) is 41.5 Å². The summed E-state index contributed by atoms with van der Waals surface area (Å²) in [5, 5.41) is 10.7. The van der Waals surface area contributed by atoms with Crippen LogP contribution in [0.4, 0.5) is 0 Å². The van der Waals surface area contributed by atoms with Crippen LogP contribution in [0.5, 0.6) is 0 Å². The Kier molecular flexibility index (Phi) is 73.1. The van der Waals surface area contributed by atoms with Crippen molar-refractivity contribution in [3.8, 4) is 0 Å². The maximum Gasteiger partial charge on any atom is 0.472 e. The van der Waals surface area contributed by atoms with Gasteiger partial charge in [0, 0.05) is 25.7 Å². The van der Waals surface area contributed by atoms with Crippen LogP contribution in [-0.4, -0.2) is 96.7 Å². The fraction of sp³-hybridized carbons (Fsp3) is 0.952. The quantitative estimate of drug-likeness (QED) is 0.0222. The second-order valence-corrected chi connectivity index (χ2v) is 33.7. The fourth-order valence-electron chi connectivity index (χ4n) is 12.9. The Hall–Kier alpha value is -1.94. The first-order chi connectivity index (χ1) is 49.4. The van der Waals surface area contributed by atoms with Gasteiger partial charge in [0.15, 0.2) is 12.2 Å². The summed E-state index contributed by atoms with van der Waals surface area (Å²) in [5.41, 5.74) is 0. The molecule has 0 aliphatic carbocycles. The van der Waals surface area contributed by atoms with Gasteiger partial charge in [-0.15, -0.1) is 0 Å². The zero-order valence-electron chi connectivity index (χ0n) is 66.9. The third-order valence-electron chi connectivity index (χ3n) is 19.5. The number of carbonyl (C=O) groups excluding carboxylic acids is 4. The maximum absolute atomic E-state index is 13.1. The smallest absolute Gasteiger partial charge is 0.462 e. The van der Waals surface area contributed by atoms with E-state index < -0.39 is 97.5 Å². The lowest BCUT2D eigenvalue weighted by Crippen LogP contribution is -2.30. The van der Waals surface area contributed by atoms with Gasteiger partial charge in [0.2, 0.25) is 0 Å². The van der Waals surface area contributed by atoms with Gasteiger partial charge in [-0.2, -0.15) is 0 Å². The standard InChI is InChI=1S/C83H162O17P2/c1-7-9-11-13-15-17-19-21-22-23-24-25-26-27-28-37-43-49-55-61-67-82(87)99-79(72-94-81(86)66-60-54-48-42-36-31-29-33-39-45-51-57-63-75(3)4)74-98-102(91,92)96-70-77(84)69-95-101(89,90)97-73-78(71-93-80(85)65-59-53-47-41-35-20-18-16-14-12-10-8-2)100-83(88)68-62-56-50-44-38-32-30-34-40-46-52-58-64-76(5)6/h75-79,84H,7-74H2,1-6H3,(H,89,90)(H,91,92)/t77-,78+,79+/m0/s1. The van der Waals surface area contributed by atoms with Crippen LogP contribution in [0.15, 0.2) is 0 Å². The molecule has 0 aliphatic heterocycles. The highest BCUT2D eigenvalue weighted by molar-refractivity contribution is 7.47. The van der Waals surface area contributed by atoms with E-state index in [0.29, 0.717) is 25.7 Å². The van der Waals surface area contributed by atoms with Crippen LogP contribution in [0.1, 0.15) is 440 Å². The molecule has 0 spiro atoms. The van der Waals surface area contributed by atoms with Gasteiger partial charge in [-0.3, -0.25) is 37.3 Å². The van der Waals surface area contributed by atoms with E-state index in [1.54, 1.807) is 0 Å². The number of rotatable bonds is 82. The van der Waals surface area contributed by atoms with E-state index in [1.165, 1.54) is 257 Å². The topological polar surface area (TPSA) is 237 Å². The van der Waals surface area contributed by atoms with Crippen LogP contribution in [0.3, 0.4) is 0 Å². The molecule has 5 atom stereocenters. The van der Waals surface area contributed by atoms with Crippen molar-refractivity contribution in [2.24, 2.45) is 11.8 Å². The average Bonchev–Trinajstić information content (AvgIpc) is 0.914. The summed E-state index contributed by atoms with van der Waals surface area (Å²) < 4.78 is 68.8. The van der Waals surface area contributed by atoms with E-state index in [1.807, 2.05) is 0 Å². The summed E-state index contributed by atoms with van der Waals surface area (Å²) in [7, 11) is -9.92. The van der Waals surface area contributed by atoms with Crippen molar-refractivity contribution in [1.82, 2.24) is 0 Å². The van der Waals surface area contributed by atoms with Crippen molar-refractivity contribution < 1.29 is 80.2 Å². The molecule has 0 aromatic carbocycles. The van der Waals surface area contributed by atoms with Gasteiger partial charge in [0.1, 0.15) is 19.3 Å². The van der Waals surface area contributed by atoms with Crippen LogP contribution >= 0.6 is 15.6 Å². The number of hydrogen-bond donors (Lipinski definition) is 3. The second kappa shape index (κ2) is 74.5. The van der Waals surface area contributed by atoms with Gasteiger partial charge in [0.05, 0.1) is 26.4 Å². The highest BCUT2D eigenvalue weighted by atomic mass is 31.2. The molecule has 2 unspecified atom stereocenters. The van der Waals surface area contributed by atoms with E-state index >= 15 is 0 Å². The molecule has 0 saturated heterocycles. The Bertz CT molecular complexity index is 1960. The normalized spacial score (nSPS) is 13.9. The minimum absolute atomic E-state index is 0.107. The molecular weight excluding hydrogens is 1330 g/mol. The Morgan fingerprint density at radius 1 is 0.265 bits per heavy atom. The lowest BCUT2D eigenvalue weighted by Gasteiger charge is -2.21. The van der Waals surface area contributed by atoms with E-state index in [0.717, 1.165) is 102 Å². The lowest BCUT2D eigenvalue weighted by atomic mass is 10.0. The van der Waals surface area contributed by atoms with Crippen molar-refractivity contribution >= 4 is 39.5 Å². The molecule has 0 saturated carbocycles. The molecule has 0 aromatic rings. The zero-order valence-corrected chi connectivity index (χ0v) is 68.7. The zero-order chi connectivity index (χ0) is 74.9. The van der Waals surface area contributed by atoms with Crippen LogP contribution in [0.2, 0.25) is 0 Å². The largest absolute Gasteiger partial charge is 0.472 e. The summed E-state index contributed by atoms with van der Waals surface area (Å²) in [6.45, 7) is 9.67. The number of carbonyl (C=O) groups is 4. The van der Waals surface area contributed by atoms with E-state index in [-0.39, 0.29) is 25.7 Å². The molecular formula is C83H162O17P2. The Labute approximate surface area is 626 Å². The summed E-state index contributed by atoms with van der Waals surface area (Å²) in [6, 6.07) is 0. The van der Waals surface area contributed by atoms with Crippen LogP contribution in [0, 0.1) is 11.8 Å². The van der Waals surface area contributed by atoms with Gasteiger partial charge in [-0.25, -0.2) is 9.13 Å². The SMILES string of the molecule is CCCCCCCCCCCCCCCCCCCCCCC(=O)O[C@H](COC(=O)CCCCCCCCCCCCCCC(C)C)COP(=O)(O)OC[C@@H](O)COP(=O)(O)OC[C@@H](COC(=O)CCCCCCCCCCCCCC)OC(=O)CCCCCCCCCCCCCCC(C)C. The fourth-order valence-corrected chi connectivity index (χ4v) is 14.5. The molecule has 0 heterocycles. The van der Waals surface area contributed by atoms with E-state index in [9.17, 15) is 43.2 Å². The highest BCUT2D eigenvalue weighted by Crippen LogP contribution is 2.45. The van der Waals surface area contributed by atoms with Gasteiger partial charge in [-0.1, -0.05) is 388 Å². The number of hydrogen-bond acceptors (Lipinski definition) is 15. The number of ether oxygens (including phenoxy) is 4. The summed E-state index contributed by atoms with van der Waals surface area (Å²) in [5.74, 6) is -0.546. The third-order valence-corrected chi connectivity index (χ3v) is 21.4. The third kappa shape index (κ3) is 76.3. The highest BCUT2D eigenvalue weighted by Gasteiger charge is 2.30. The molecule has 0 amide bonds. The van der Waals surface area contributed by atoms with Crippen molar-refractivity contribution in [3.05, 3.63) is 0 Å². The van der Waals surface area contributed by atoms with Crippen LogP contribution in [-0.2, 0) is 65.4 Å². The molecule has 17 nitrogen and oxygen atoms in total. The minimum atomic E-state index is -4.96.